The van der Waals surface area contributed by atoms with Crippen LogP contribution >= 0.6 is 0 Å². The average molecular weight is 370 g/mol. The Morgan fingerprint density at radius 2 is 2.00 bits per heavy atom. The van der Waals surface area contributed by atoms with E-state index in [1.165, 1.54) is 0 Å². The van der Waals surface area contributed by atoms with Crippen LogP contribution in [0.4, 0.5) is 5.95 Å². The SMILES string of the molecule is C[C@@H]1CN(c2nc3c(c(=O)[nH]2)CCN(Cc2ccccc2O)C3)C[C@@H](C)O1. The van der Waals surface area contributed by atoms with Crippen LogP contribution in [0.15, 0.2) is 29.1 Å². The number of phenolic OH excluding ortho intramolecular Hbond substituents is 1. The highest BCUT2D eigenvalue weighted by molar-refractivity contribution is 5.36. The Bertz CT molecular complexity index is 872. The summed E-state index contributed by atoms with van der Waals surface area (Å²) >= 11 is 0. The highest BCUT2D eigenvalue weighted by Crippen LogP contribution is 2.23. The second-order valence-electron chi connectivity index (χ2n) is 7.57. The molecule has 144 valence electrons. The van der Waals surface area contributed by atoms with Gasteiger partial charge in [0.15, 0.2) is 0 Å². The summed E-state index contributed by atoms with van der Waals surface area (Å²) in [5.74, 6) is 0.935. The third-order valence-electron chi connectivity index (χ3n) is 5.24. The number of hydrogen-bond acceptors (Lipinski definition) is 6. The highest BCUT2D eigenvalue weighted by atomic mass is 16.5. The first-order valence-electron chi connectivity index (χ1n) is 9.51. The summed E-state index contributed by atoms with van der Waals surface area (Å²) in [5.41, 5.74) is 2.47. The van der Waals surface area contributed by atoms with E-state index < -0.39 is 0 Å². The summed E-state index contributed by atoms with van der Waals surface area (Å²) in [6, 6.07) is 7.38. The Labute approximate surface area is 158 Å². The standard InChI is InChI=1S/C20H26N4O3/c1-13-9-24(10-14(2)27-13)20-21-17-12-23(8-7-16(17)19(26)22-20)11-15-5-3-4-6-18(15)25/h3-6,13-14,25H,7-12H2,1-2H3,(H,21,22,26)/t13-,14-/m1/s1. The summed E-state index contributed by atoms with van der Waals surface area (Å²) < 4.78 is 5.78. The van der Waals surface area contributed by atoms with E-state index in [-0.39, 0.29) is 17.8 Å². The van der Waals surface area contributed by atoms with Gasteiger partial charge < -0.3 is 14.7 Å². The second kappa shape index (κ2) is 7.32. The number of nitrogens with one attached hydrogen (secondary N) is 1. The summed E-state index contributed by atoms with van der Waals surface area (Å²) in [4.78, 5) is 24.7. The van der Waals surface area contributed by atoms with Gasteiger partial charge in [0.25, 0.3) is 5.56 Å². The number of nitrogens with zero attached hydrogens (tertiary/aromatic N) is 3. The van der Waals surface area contributed by atoms with Crippen LogP contribution in [0, 0.1) is 0 Å². The number of phenols is 1. The molecule has 1 aromatic carbocycles. The van der Waals surface area contributed by atoms with E-state index in [4.69, 9.17) is 9.72 Å². The lowest BCUT2D eigenvalue weighted by Crippen LogP contribution is -2.47. The van der Waals surface area contributed by atoms with E-state index >= 15 is 0 Å². The van der Waals surface area contributed by atoms with E-state index in [1.54, 1.807) is 6.07 Å². The molecule has 2 aliphatic heterocycles. The predicted molar refractivity (Wildman–Crippen MR) is 103 cm³/mol. The van der Waals surface area contributed by atoms with Crippen LogP contribution in [0.1, 0.15) is 30.7 Å². The van der Waals surface area contributed by atoms with Gasteiger partial charge in [0.2, 0.25) is 5.95 Å². The van der Waals surface area contributed by atoms with Gasteiger partial charge in [-0.25, -0.2) is 4.98 Å². The first kappa shape index (κ1) is 18.0. The molecule has 0 spiro atoms. The van der Waals surface area contributed by atoms with Crippen LogP contribution in [-0.2, 0) is 24.2 Å². The maximum atomic E-state index is 12.6. The van der Waals surface area contributed by atoms with Crippen LogP contribution < -0.4 is 10.5 Å². The molecule has 2 N–H and O–H groups in total. The lowest BCUT2D eigenvalue weighted by Gasteiger charge is -2.36. The van der Waals surface area contributed by atoms with Gasteiger partial charge in [-0.1, -0.05) is 18.2 Å². The number of morpholine rings is 1. The van der Waals surface area contributed by atoms with Gasteiger partial charge in [-0.15, -0.1) is 0 Å². The Balaban J connectivity index is 1.56. The smallest absolute Gasteiger partial charge is 0.255 e. The minimum Gasteiger partial charge on any atom is -0.508 e. The van der Waals surface area contributed by atoms with Crippen LogP contribution in [0.25, 0.3) is 0 Å². The molecule has 2 atom stereocenters. The third-order valence-corrected chi connectivity index (χ3v) is 5.24. The fourth-order valence-corrected chi connectivity index (χ4v) is 4.00. The van der Waals surface area contributed by atoms with Crippen LogP contribution in [0.2, 0.25) is 0 Å². The Morgan fingerprint density at radius 3 is 2.74 bits per heavy atom. The van der Waals surface area contributed by atoms with Crippen molar-refractivity contribution in [3.8, 4) is 5.75 Å². The molecular formula is C20H26N4O3. The zero-order valence-corrected chi connectivity index (χ0v) is 15.8. The summed E-state index contributed by atoms with van der Waals surface area (Å²) in [5, 5.41) is 10.0. The van der Waals surface area contributed by atoms with Crippen molar-refractivity contribution in [3.63, 3.8) is 0 Å². The molecule has 27 heavy (non-hydrogen) atoms. The Morgan fingerprint density at radius 1 is 1.26 bits per heavy atom. The first-order valence-corrected chi connectivity index (χ1v) is 9.51. The van der Waals surface area contributed by atoms with Crippen molar-refractivity contribution in [3.05, 3.63) is 51.4 Å². The van der Waals surface area contributed by atoms with Crippen molar-refractivity contribution in [1.82, 2.24) is 14.9 Å². The van der Waals surface area contributed by atoms with Gasteiger partial charge >= 0.3 is 0 Å². The molecule has 2 aromatic rings. The van der Waals surface area contributed by atoms with Gasteiger partial charge in [-0.2, -0.15) is 0 Å². The molecule has 3 heterocycles. The van der Waals surface area contributed by atoms with Crippen molar-refractivity contribution < 1.29 is 9.84 Å². The number of aromatic nitrogens is 2. The van der Waals surface area contributed by atoms with E-state index in [2.05, 4.69) is 14.8 Å². The van der Waals surface area contributed by atoms with E-state index in [1.807, 2.05) is 32.0 Å². The monoisotopic (exact) mass is 370 g/mol. The molecule has 0 radical (unpaired) electrons. The molecule has 7 heteroatoms. The number of aromatic amines is 1. The summed E-state index contributed by atoms with van der Waals surface area (Å²) in [7, 11) is 0. The zero-order valence-electron chi connectivity index (χ0n) is 15.8. The minimum absolute atomic E-state index is 0.0380. The van der Waals surface area contributed by atoms with Gasteiger partial charge in [0, 0.05) is 43.9 Å². The molecule has 0 saturated carbocycles. The fourth-order valence-electron chi connectivity index (χ4n) is 4.00. The van der Waals surface area contributed by atoms with Crippen molar-refractivity contribution in [1.29, 1.82) is 0 Å². The molecule has 0 amide bonds. The maximum absolute atomic E-state index is 12.6. The maximum Gasteiger partial charge on any atom is 0.255 e. The van der Waals surface area contributed by atoms with Gasteiger partial charge in [0.05, 0.1) is 17.9 Å². The van der Waals surface area contributed by atoms with Gasteiger partial charge in [0.1, 0.15) is 5.75 Å². The molecule has 1 fully saturated rings. The Kier molecular flexibility index (Phi) is 4.88. The number of rotatable bonds is 3. The zero-order chi connectivity index (χ0) is 19.0. The number of para-hydroxylation sites is 1. The molecule has 0 unspecified atom stereocenters. The normalized spacial score (nSPS) is 23.3. The number of hydrogen-bond donors (Lipinski definition) is 2. The quantitative estimate of drug-likeness (QED) is 0.855. The van der Waals surface area contributed by atoms with Gasteiger partial charge in [-0.05, 0) is 26.3 Å². The number of anilines is 1. The summed E-state index contributed by atoms with van der Waals surface area (Å²) in [6.45, 7) is 7.52. The number of benzene rings is 1. The average Bonchev–Trinajstić information content (AvgIpc) is 2.62. The van der Waals surface area contributed by atoms with E-state index in [9.17, 15) is 9.90 Å². The lowest BCUT2D eigenvalue weighted by atomic mass is 10.1. The van der Waals surface area contributed by atoms with Gasteiger partial charge in [-0.3, -0.25) is 14.7 Å². The molecule has 7 nitrogen and oxygen atoms in total. The van der Waals surface area contributed by atoms with E-state index in [0.29, 0.717) is 44.3 Å². The summed E-state index contributed by atoms with van der Waals surface area (Å²) in [6.07, 6.45) is 0.877. The second-order valence-corrected chi connectivity index (χ2v) is 7.57. The molecule has 0 aliphatic carbocycles. The van der Waals surface area contributed by atoms with Crippen LogP contribution in [0.5, 0.6) is 5.75 Å². The topological polar surface area (TPSA) is 81.7 Å². The van der Waals surface area contributed by atoms with Crippen molar-refractivity contribution in [2.45, 2.75) is 45.6 Å². The lowest BCUT2D eigenvalue weighted by molar-refractivity contribution is -0.00576. The van der Waals surface area contributed by atoms with Crippen molar-refractivity contribution in [2.24, 2.45) is 0 Å². The molecular weight excluding hydrogens is 344 g/mol. The fraction of sp³-hybridized carbons (Fsp3) is 0.500. The molecule has 1 aromatic heterocycles. The molecule has 4 rings (SSSR count). The third kappa shape index (κ3) is 3.84. The minimum atomic E-state index is -0.0380. The number of fused-ring (bicyclic) bond motifs is 1. The van der Waals surface area contributed by atoms with Crippen molar-refractivity contribution in [2.75, 3.05) is 24.5 Å². The Hall–Kier alpha value is -2.38. The largest absolute Gasteiger partial charge is 0.508 e. The van der Waals surface area contributed by atoms with Crippen LogP contribution in [0.3, 0.4) is 0 Å². The van der Waals surface area contributed by atoms with Crippen molar-refractivity contribution >= 4 is 5.95 Å². The van der Waals surface area contributed by atoms with Crippen LogP contribution in [-0.4, -0.2) is 51.8 Å². The molecule has 2 aliphatic rings. The molecule has 1 saturated heterocycles. The predicted octanol–water partition coefficient (Wildman–Crippen LogP) is 1.65. The van der Waals surface area contributed by atoms with E-state index in [0.717, 1.165) is 23.4 Å². The molecule has 0 bridgehead atoms. The number of ether oxygens (including phenoxy) is 1. The number of aromatic hydroxyl groups is 1. The first-order chi connectivity index (χ1) is 13.0. The number of H-pyrrole nitrogens is 1. The highest BCUT2D eigenvalue weighted by Gasteiger charge is 2.27.